The van der Waals surface area contributed by atoms with Gasteiger partial charge >= 0.3 is 0 Å². The molecule has 2 heterocycles. The Morgan fingerprint density at radius 1 is 1.29 bits per heavy atom. The normalized spacial score (nSPS) is 24.2. The summed E-state index contributed by atoms with van der Waals surface area (Å²) in [6.45, 7) is 8.43. The predicted molar refractivity (Wildman–Crippen MR) is 85.3 cm³/mol. The van der Waals surface area contributed by atoms with Crippen molar-refractivity contribution in [3.63, 3.8) is 0 Å². The van der Waals surface area contributed by atoms with E-state index in [1.165, 1.54) is 0 Å². The maximum Gasteiger partial charge on any atom is 0.140 e. The second-order valence-electron chi connectivity index (χ2n) is 6.99. The Bertz CT molecular complexity index is 626. The summed E-state index contributed by atoms with van der Waals surface area (Å²) in [7, 11) is 2.07. The van der Waals surface area contributed by atoms with Crippen LogP contribution in [0.15, 0.2) is 24.3 Å². The van der Waals surface area contributed by atoms with Crippen LogP contribution in [0.4, 0.5) is 0 Å². The Labute approximate surface area is 126 Å². The molecule has 0 bridgehead atoms. The maximum atomic E-state index is 6.08. The highest BCUT2D eigenvalue weighted by molar-refractivity contribution is 5.75. The number of nitrogens with one attached hydrogen (secondary N) is 1. The summed E-state index contributed by atoms with van der Waals surface area (Å²) >= 11 is 0. The fraction of sp³-hybridized carbons (Fsp3) is 0.588. The number of aryl methyl sites for hydroxylation is 1. The summed E-state index contributed by atoms with van der Waals surface area (Å²) in [5, 5.41) is 3.66. The minimum absolute atomic E-state index is 0.0229. The molecule has 3 rings (SSSR count). The Morgan fingerprint density at radius 2 is 2.05 bits per heavy atom. The van der Waals surface area contributed by atoms with E-state index in [0.29, 0.717) is 6.04 Å². The van der Waals surface area contributed by atoms with E-state index in [1.807, 2.05) is 6.07 Å². The smallest absolute Gasteiger partial charge is 0.140 e. The largest absolute Gasteiger partial charge is 0.369 e. The molecule has 0 spiro atoms. The second-order valence-corrected chi connectivity index (χ2v) is 6.99. The summed E-state index contributed by atoms with van der Waals surface area (Å²) in [4.78, 5) is 4.76. The molecule has 4 heteroatoms. The van der Waals surface area contributed by atoms with E-state index >= 15 is 0 Å². The van der Waals surface area contributed by atoms with Gasteiger partial charge in [0.25, 0.3) is 0 Å². The topological polar surface area (TPSA) is 39.1 Å². The molecule has 1 aromatic heterocycles. The van der Waals surface area contributed by atoms with Crippen LogP contribution in [0.3, 0.4) is 0 Å². The molecule has 2 atom stereocenters. The summed E-state index contributed by atoms with van der Waals surface area (Å²) in [6, 6.07) is 8.72. The molecular formula is C17H25N3O. The van der Waals surface area contributed by atoms with Crippen LogP contribution in [0.25, 0.3) is 11.0 Å². The fourth-order valence-electron chi connectivity index (χ4n) is 3.10. The highest BCUT2D eigenvalue weighted by atomic mass is 16.5. The van der Waals surface area contributed by atoms with Gasteiger partial charge in [-0.1, -0.05) is 32.9 Å². The van der Waals surface area contributed by atoms with Gasteiger partial charge in [-0.05, 0) is 24.0 Å². The van der Waals surface area contributed by atoms with Crippen molar-refractivity contribution in [2.45, 2.75) is 39.3 Å². The molecule has 1 fully saturated rings. The zero-order valence-corrected chi connectivity index (χ0v) is 13.4. The molecule has 0 amide bonds. The van der Waals surface area contributed by atoms with Crippen LogP contribution in [0, 0.1) is 5.41 Å². The average Bonchev–Trinajstić information content (AvgIpc) is 2.64. The van der Waals surface area contributed by atoms with Crippen LogP contribution in [0.2, 0.25) is 0 Å². The van der Waals surface area contributed by atoms with Gasteiger partial charge in [-0.2, -0.15) is 0 Å². The third-order valence-corrected chi connectivity index (χ3v) is 4.43. The first kappa shape index (κ1) is 14.5. The first-order chi connectivity index (χ1) is 9.97. The highest BCUT2D eigenvalue weighted by Crippen LogP contribution is 2.28. The van der Waals surface area contributed by atoms with Gasteiger partial charge in [0.15, 0.2) is 0 Å². The Balaban J connectivity index is 1.85. The lowest BCUT2D eigenvalue weighted by atomic mass is 9.85. The van der Waals surface area contributed by atoms with Gasteiger partial charge in [0.1, 0.15) is 11.9 Å². The number of imidazole rings is 1. The summed E-state index contributed by atoms with van der Waals surface area (Å²) in [5.41, 5.74) is 2.45. The molecule has 21 heavy (non-hydrogen) atoms. The van der Waals surface area contributed by atoms with Gasteiger partial charge in [0.2, 0.25) is 0 Å². The second kappa shape index (κ2) is 5.43. The monoisotopic (exact) mass is 287 g/mol. The van der Waals surface area contributed by atoms with Gasteiger partial charge < -0.3 is 14.6 Å². The quantitative estimate of drug-likeness (QED) is 0.876. The standard InChI is InChI=1S/C17H25N3O/c1-17(2,3)15-9-10-21-14(11-18-15)16-19-12-7-5-6-8-13(12)20(16)4/h5-8,14-15,18H,9-11H2,1-4H3. The Morgan fingerprint density at radius 3 is 2.76 bits per heavy atom. The fourth-order valence-corrected chi connectivity index (χ4v) is 3.10. The van der Waals surface area contributed by atoms with E-state index in [1.54, 1.807) is 0 Å². The molecule has 4 nitrogen and oxygen atoms in total. The van der Waals surface area contributed by atoms with E-state index < -0.39 is 0 Å². The Kier molecular flexibility index (Phi) is 3.76. The molecule has 1 aliphatic heterocycles. The number of fused-ring (bicyclic) bond motifs is 1. The van der Waals surface area contributed by atoms with E-state index in [0.717, 1.165) is 36.4 Å². The van der Waals surface area contributed by atoms with Gasteiger partial charge in [-0.15, -0.1) is 0 Å². The van der Waals surface area contributed by atoms with Gasteiger partial charge in [0, 0.05) is 26.2 Å². The zero-order valence-electron chi connectivity index (χ0n) is 13.4. The van der Waals surface area contributed by atoms with Crippen molar-refractivity contribution in [3.8, 4) is 0 Å². The molecule has 1 aliphatic rings. The van der Waals surface area contributed by atoms with Gasteiger partial charge in [0.05, 0.1) is 11.0 Å². The lowest BCUT2D eigenvalue weighted by Gasteiger charge is -2.30. The first-order valence-electron chi connectivity index (χ1n) is 7.73. The number of benzene rings is 1. The molecule has 1 saturated heterocycles. The predicted octanol–water partition coefficient (Wildman–Crippen LogP) is 3.04. The number of nitrogens with zero attached hydrogens (tertiary/aromatic N) is 2. The average molecular weight is 287 g/mol. The molecule has 1 aromatic carbocycles. The van der Waals surface area contributed by atoms with Crippen molar-refractivity contribution in [2.75, 3.05) is 13.2 Å². The van der Waals surface area contributed by atoms with E-state index in [-0.39, 0.29) is 11.5 Å². The number of aromatic nitrogens is 2. The summed E-state index contributed by atoms with van der Waals surface area (Å²) < 4.78 is 8.23. The van der Waals surface area contributed by atoms with Crippen molar-refractivity contribution >= 4 is 11.0 Å². The van der Waals surface area contributed by atoms with Crippen LogP contribution in [0.5, 0.6) is 0 Å². The van der Waals surface area contributed by atoms with Crippen LogP contribution < -0.4 is 5.32 Å². The molecule has 2 unspecified atom stereocenters. The van der Waals surface area contributed by atoms with Crippen molar-refractivity contribution in [2.24, 2.45) is 12.5 Å². The summed E-state index contributed by atoms with van der Waals surface area (Å²) in [5.74, 6) is 1.01. The lowest BCUT2D eigenvalue weighted by Crippen LogP contribution is -2.40. The lowest BCUT2D eigenvalue weighted by molar-refractivity contribution is 0.0579. The highest BCUT2D eigenvalue weighted by Gasteiger charge is 2.29. The molecule has 0 radical (unpaired) electrons. The first-order valence-corrected chi connectivity index (χ1v) is 7.73. The minimum Gasteiger partial charge on any atom is -0.369 e. The van der Waals surface area contributed by atoms with Crippen LogP contribution >= 0.6 is 0 Å². The third-order valence-electron chi connectivity index (χ3n) is 4.43. The van der Waals surface area contributed by atoms with Crippen molar-refractivity contribution in [3.05, 3.63) is 30.1 Å². The molecule has 1 N–H and O–H groups in total. The number of ether oxygens (including phenoxy) is 1. The van der Waals surface area contributed by atoms with Gasteiger partial charge in [-0.3, -0.25) is 0 Å². The molecule has 0 aliphatic carbocycles. The van der Waals surface area contributed by atoms with Crippen molar-refractivity contribution in [1.29, 1.82) is 0 Å². The van der Waals surface area contributed by atoms with Crippen LogP contribution in [-0.4, -0.2) is 28.7 Å². The van der Waals surface area contributed by atoms with Crippen LogP contribution in [-0.2, 0) is 11.8 Å². The number of hydrogen-bond acceptors (Lipinski definition) is 3. The SMILES string of the molecule is Cn1c(C2CNC(C(C)(C)C)CCO2)nc2ccccc21. The van der Waals surface area contributed by atoms with Crippen LogP contribution in [0.1, 0.15) is 39.1 Å². The summed E-state index contributed by atoms with van der Waals surface area (Å²) in [6.07, 6.45) is 1.07. The Hall–Kier alpha value is -1.39. The van der Waals surface area contributed by atoms with Crippen molar-refractivity contribution < 1.29 is 4.74 Å². The van der Waals surface area contributed by atoms with Gasteiger partial charge in [-0.25, -0.2) is 4.98 Å². The molecular weight excluding hydrogens is 262 g/mol. The number of rotatable bonds is 1. The number of hydrogen-bond donors (Lipinski definition) is 1. The van der Waals surface area contributed by atoms with E-state index in [9.17, 15) is 0 Å². The molecule has 114 valence electrons. The third kappa shape index (κ3) is 2.83. The minimum atomic E-state index is 0.0229. The number of para-hydroxylation sites is 2. The van der Waals surface area contributed by atoms with E-state index in [2.05, 4.69) is 55.9 Å². The zero-order chi connectivity index (χ0) is 15.0. The molecule has 2 aromatic rings. The molecule has 0 saturated carbocycles. The maximum absolute atomic E-state index is 6.08. The van der Waals surface area contributed by atoms with E-state index in [4.69, 9.17) is 9.72 Å². The van der Waals surface area contributed by atoms with Crippen molar-refractivity contribution in [1.82, 2.24) is 14.9 Å².